The first kappa shape index (κ1) is 25.9. The maximum atomic E-state index is 5.10. The fraction of sp³-hybridized carbons (Fsp3) is 0.947. The van der Waals surface area contributed by atoms with Crippen LogP contribution in [-0.4, -0.2) is 88.9 Å². The van der Waals surface area contributed by atoms with E-state index in [4.69, 9.17) is 9.73 Å². The number of hydrogen-bond acceptors (Lipinski definition) is 4. The molecule has 1 saturated heterocycles. The molecule has 0 aromatic rings. The lowest BCUT2D eigenvalue weighted by Gasteiger charge is -2.31. The Morgan fingerprint density at radius 2 is 1.92 bits per heavy atom. The van der Waals surface area contributed by atoms with Crippen LogP contribution in [0.25, 0.3) is 0 Å². The van der Waals surface area contributed by atoms with Crippen LogP contribution in [-0.2, 0) is 4.74 Å². The molecular formula is C19H42IN5O. The van der Waals surface area contributed by atoms with Crippen LogP contribution < -0.4 is 10.6 Å². The smallest absolute Gasteiger partial charge is 0.191 e. The Labute approximate surface area is 178 Å². The number of rotatable bonds is 12. The van der Waals surface area contributed by atoms with Crippen molar-refractivity contribution in [1.29, 1.82) is 0 Å². The fourth-order valence-corrected chi connectivity index (χ4v) is 3.23. The molecule has 0 amide bonds. The van der Waals surface area contributed by atoms with Gasteiger partial charge >= 0.3 is 0 Å². The Balaban J connectivity index is 0.00000625. The average Bonchev–Trinajstić information content (AvgIpc) is 2.61. The number of halogens is 1. The van der Waals surface area contributed by atoms with Crippen LogP contribution in [0.5, 0.6) is 0 Å². The highest BCUT2D eigenvalue weighted by molar-refractivity contribution is 14.0. The van der Waals surface area contributed by atoms with Crippen LogP contribution in [0, 0.1) is 5.92 Å². The lowest BCUT2D eigenvalue weighted by Crippen LogP contribution is -2.41. The van der Waals surface area contributed by atoms with Crippen LogP contribution in [0.3, 0.4) is 0 Å². The van der Waals surface area contributed by atoms with Crippen molar-refractivity contribution < 1.29 is 4.74 Å². The summed E-state index contributed by atoms with van der Waals surface area (Å²) in [4.78, 5) is 9.74. The summed E-state index contributed by atoms with van der Waals surface area (Å²) >= 11 is 0. The van der Waals surface area contributed by atoms with Gasteiger partial charge in [0.1, 0.15) is 0 Å². The zero-order valence-electron chi connectivity index (χ0n) is 17.4. The fourth-order valence-electron chi connectivity index (χ4n) is 3.23. The van der Waals surface area contributed by atoms with Gasteiger partial charge in [0.15, 0.2) is 5.96 Å². The van der Waals surface area contributed by atoms with Crippen LogP contribution in [0.4, 0.5) is 0 Å². The van der Waals surface area contributed by atoms with E-state index in [-0.39, 0.29) is 24.0 Å². The molecule has 0 aromatic heterocycles. The lowest BCUT2D eigenvalue weighted by atomic mass is 9.97. The maximum Gasteiger partial charge on any atom is 0.191 e. The van der Waals surface area contributed by atoms with Gasteiger partial charge in [0, 0.05) is 46.4 Å². The molecule has 0 radical (unpaired) electrons. The predicted octanol–water partition coefficient (Wildman–Crippen LogP) is 2.25. The summed E-state index contributed by atoms with van der Waals surface area (Å²) in [6.45, 7) is 13.8. The van der Waals surface area contributed by atoms with E-state index in [9.17, 15) is 0 Å². The average molecular weight is 483 g/mol. The molecule has 1 heterocycles. The van der Waals surface area contributed by atoms with Crippen molar-refractivity contribution in [2.45, 2.75) is 39.5 Å². The third-order valence-electron chi connectivity index (χ3n) is 4.77. The SMILES string of the molecule is CCCN1CCC(CN=C(NCC)NCCN(C)CCCOC)CC1.I. The Hall–Kier alpha value is -0.120. The van der Waals surface area contributed by atoms with E-state index < -0.39 is 0 Å². The van der Waals surface area contributed by atoms with Crippen LogP contribution >= 0.6 is 24.0 Å². The van der Waals surface area contributed by atoms with E-state index >= 15 is 0 Å². The molecule has 0 atom stereocenters. The summed E-state index contributed by atoms with van der Waals surface area (Å²) in [7, 11) is 3.92. The van der Waals surface area contributed by atoms with E-state index in [1.165, 1.54) is 38.9 Å². The first-order valence-corrected chi connectivity index (χ1v) is 10.1. The van der Waals surface area contributed by atoms with Gasteiger partial charge in [-0.05, 0) is 65.2 Å². The van der Waals surface area contributed by atoms with Gasteiger partial charge in [0.2, 0.25) is 0 Å². The Bertz CT molecular complexity index is 349. The van der Waals surface area contributed by atoms with Crippen molar-refractivity contribution in [2.24, 2.45) is 10.9 Å². The predicted molar refractivity (Wildman–Crippen MR) is 123 cm³/mol. The first-order chi connectivity index (χ1) is 12.2. The van der Waals surface area contributed by atoms with Gasteiger partial charge in [0.05, 0.1) is 0 Å². The molecule has 0 unspecified atom stereocenters. The van der Waals surface area contributed by atoms with E-state index in [0.717, 1.165) is 57.6 Å². The van der Waals surface area contributed by atoms with E-state index in [1.807, 2.05) is 0 Å². The summed E-state index contributed by atoms with van der Waals surface area (Å²) < 4.78 is 5.10. The standard InChI is InChI=1S/C19H41N5O.HI/c1-5-11-24-13-8-18(9-14-24)17-22-19(20-6-2)21-10-15-23(3)12-7-16-25-4;/h18H,5-17H2,1-4H3,(H2,20,21,22);1H. The molecule has 0 aliphatic carbocycles. The number of methoxy groups -OCH3 is 1. The van der Waals surface area contributed by atoms with Crippen LogP contribution in [0.1, 0.15) is 39.5 Å². The number of hydrogen-bond donors (Lipinski definition) is 2. The molecular weight excluding hydrogens is 441 g/mol. The Morgan fingerprint density at radius 1 is 1.19 bits per heavy atom. The molecule has 2 N–H and O–H groups in total. The second kappa shape index (κ2) is 17.0. The van der Waals surface area contributed by atoms with E-state index in [1.54, 1.807) is 7.11 Å². The van der Waals surface area contributed by atoms with Gasteiger partial charge in [-0.15, -0.1) is 24.0 Å². The highest BCUT2D eigenvalue weighted by Crippen LogP contribution is 2.17. The number of ether oxygens (including phenoxy) is 1. The molecule has 1 fully saturated rings. The molecule has 6 nitrogen and oxygen atoms in total. The molecule has 1 aliphatic heterocycles. The van der Waals surface area contributed by atoms with Crippen LogP contribution in [0.2, 0.25) is 0 Å². The van der Waals surface area contributed by atoms with Gasteiger partial charge in [-0.2, -0.15) is 0 Å². The quantitative estimate of drug-likeness (QED) is 0.193. The van der Waals surface area contributed by atoms with Gasteiger partial charge in [-0.25, -0.2) is 0 Å². The van der Waals surface area contributed by atoms with Crippen molar-refractivity contribution >= 4 is 29.9 Å². The molecule has 156 valence electrons. The number of guanidine groups is 1. The second-order valence-corrected chi connectivity index (χ2v) is 7.08. The molecule has 1 rings (SSSR count). The zero-order chi connectivity index (χ0) is 18.3. The monoisotopic (exact) mass is 483 g/mol. The van der Waals surface area contributed by atoms with Crippen molar-refractivity contribution in [3.05, 3.63) is 0 Å². The first-order valence-electron chi connectivity index (χ1n) is 10.1. The maximum absolute atomic E-state index is 5.10. The number of piperidine rings is 1. The van der Waals surface area contributed by atoms with Crippen molar-refractivity contribution in [2.75, 3.05) is 73.1 Å². The lowest BCUT2D eigenvalue weighted by molar-refractivity contribution is 0.180. The van der Waals surface area contributed by atoms with Gasteiger partial charge < -0.3 is 25.2 Å². The normalized spacial score (nSPS) is 16.6. The topological polar surface area (TPSA) is 52.1 Å². The van der Waals surface area contributed by atoms with Gasteiger partial charge in [-0.1, -0.05) is 6.92 Å². The number of likely N-dealkylation sites (N-methyl/N-ethyl adjacent to an activating group) is 1. The number of nitrogens with zero attached hydrogens (tertiary/aromatic N) is 3. The third-order valence-corrected chi connectivity index (χ3v) is 4.77. The Kier molecular flexibility index (Phi) is 16.9. The highest BCUT2D eigenvalue weighted by atomic mass is 127. The van der Waals surface area contributed by atoms with Crippen molar-refractivity contribution in [3.8, 4) is 0 Å². The molecule has 7 heteroatoms. The minimum Gasteiger partial charge on any atom is -0.385 e. The molecule has 26 heavy (non-hydrogen) atoms. The number of likely N-dealkylation sites (tertiary alicyclic amines) is 1. The molecule has 0 aromatic carbocycles. The molecule has 1 aliphatic rings. The summed E-state index contributed by atoms with van der Waals surface area (Å²) in [5.41, 5.74) is 0. The summed E-state index contributed by atoms with van der Waals surface area (Å²) in [6, 6.07) is 0. The molecule has 0 bridgehead atoms. The van der Waals surface area contributed by atoms with Gasteiger partial charge in [0.25, 0.3) is 0 Å². The minimum atomic E-state index is 0. The largest absolute Gasteiger partial charge is 0.385 e. The van der Waals surface area contributed by atoms with Gasteiger partial charge in [-0.3, -0.25) is 4.99 Å². The molecule has 0 saturated carbocycles. The summed E-state index contributed by atoms with van der Waals surface area (Å²) in [5.74, 6) is 1.70. The second-order valence-electron chi connectivity index (χ2n) is 7.08. The van der Waals surface area contributed by atoms with Crippen molar-refractivity contribution in [1.82, 2.24) is 20.4 Å². The highest BCUT2D eigenvalue weighted by Gasteiger charge is 2.18. The Morgan fingerprint density at radius 3 is 2.54 bits per heavy atom. The molecule has 0 spiro atoms. The summed E-state index contributed by atoms with van der Waals surface area (Å²) in [5, 5.41) is 6.83. The number of nitrogens with one attached hydrogen (secondary N) is 2. The van der Waals surface area contributed by atoms with E-state index in [0.29, 0.717) is 0 Å². The number of aliphatic imine (C=N–C) groups is 1. The van der Waals surface area contributed by atoms with Crippen LogP contribution in [0.15, 0.2) is 4.99 Å². The van der Waals surface area contributed by atoms with E-state index in [2.05, 4.69) is 41.3 Å². The minimum absolute atomic E-state index is 0. The zero-order valence-corrected chi connectivity index (χ0v) is 19.8. The summed E-state index contributed by atoms with van der Waals surface area (Å²) in [6.07, 6.45) is 4.91. The third kappa shape index (κ3) is 12.3. The van der Waals surface area contributed by atoms with Crippen molar-refractivity contribution in [3.63, 3.8) is 0 Å².